The van der Waals surface area contributed by atoms with Crippen molar-refractivity contribution < 1.29 is 28.6 Å². The Morgan fingerprint density at radius 2 is 1.77 bits per heavy atom. The van der Waals surface area contributed by atoms with E-state index < -0.39 is 41.0 Å². The Bertz CT molecular complexity index is 1290. The van der Waals surface area contributed by atoms with E-state index in [1.807, 2.05) is 18.2 Å². The minimum Gasteiger partial charge on any atom is -0.511 e. The fraction of sp³-hybridized carbons (Fsp3) is 0.419. The molecule has 1 fully saturated rings. The van der Waals surface area contributed by atoms with Crippen LogP contribution in [0.3, 0.4) is 0 Å². The first-order valence-corrected chi connectivity index (χ1v) is 13.7. The van der Waals surface area contributed by atoms with Crippen molar-refractivity contribution in [2.45, 2.75) is 64.1 Å². The molecule has 0 spiro atoms. The van der Waals surface area contributed by atoms with Gasteiger partial charge in [-0.15, -0.1) is 0 Å². The zero-order valence-corrected chi connectivity index (χ0v) is 22.6. The zero-order valence-electron chi connectivity index (χ0n) is 22.6. The lowest BCUT2D eigenvalue weighted by molar-refractivity contribution is -0.128. The summed E-state index contributed by atoms with van der Waals surface area (Å²) in [4.78, 5) is 25.9. The molecule has 9 heteroatoms. The number of aliphatic hydroxyl groups is 2. The molecule has 2 aromatic rings. The summed E-state index contributed by atoms with van der Waals surface area (Å²) in [5.74, 6) is -2.68. The number of rotatable bonds is 13. The van der Waals surface area contributed by atoms with Crippen LogP contribution < -0.4 is 16.4 Å². The average molecular weight is 554 g/mol. The van der Waals surface area contributed by atoms with E-state index in [2.05, 4.69) is 23.6 Å². The highest BCUT2D eigenvalue weighted by molar-refractivity contribution is 5.96. The van der Waals surface area contributed by atoms with Crippen molar-refractivity contribution in [3.05, 3.63) is 94.3 Å². The Kier molecular flexibility index (Phi) is 9.37. The van der Waals surface area contributed by atoms with Crippen molar-refractivity contribution in [3.8, 4) is 0 Å². The van der Waals surface area contributed by atoms with E-state index in [0.29, 0.717) is 13.0 Å². The Morgan fingerprint density at radius 1 is 1.07 bits per heavy atom. The molecule has 7 nitrogen and oxygen atoms in total. The molecule has 0 radical (unpaired) electrons. The van der Waals surface area contributed by atoms with Crippen molar-refractivity contribution >= 4 is 11.8 Å². The average Bonchev–Trinajstić information content (AvgIpc) is 3.72. The highest BCUT2D eigenvalue weighted by Crippen LogP contribution is 2.48. The number of aliphatic hydroxyl groups excluding tert-OH is 2. The minimum absolute atomic E-state index is 0.0357. The number of hydrogen-bond donors (Lipinski definition) is 5. The molecule has 0 aromatic heterocycles. The number of nitrogens with two attached hydrogens (primary N) is 1. The van der Waals surface area contributed by atoms with Gasteiger partial charge in [-0.25, -0.2) is 8.78 Å². The number of halogens is 2. The summed E-state index contributed by atoms with van der Waals surface area (Å²) in [6.45, 7) is 2.65. The minimum atomic E-state index is -1.36. The maximum atomic E-state index is 13.9. The van der Waals surface area contributed by atoms with Crippen LogP contribution in [-0.2, 0) is 29.0 Å². The molecule has 0 bridgehead atoms. The maximum absolute atomic E-state index is 13.9. The third kappa shape index (κ3) is 7.34. The van der Waals surface area contributed by atoms with Crippen LogP contribution in [0, 0.1) is 23.0 Å². The summed E-state index contributed by atoms with van der Waals surface area (Å²) >= 11 is 0. The van der Waals surface area contributed by atoms with Crippen LogP contribution in [0.5, 0.6) is 0 Å². The zero-order chi connectivity index (χ0) is 28.9. The molecule has 40 heavy (non-hydrogen) atoms. The van der Waals surface area contributed by atoms with Gasteiger partial charge in [0.2, 0.25) is 11.8 Å². The molecular weight excluding hydrogens is 516 g/mol. The monoisotopic (exact) mass is 553 g/mol. The summed E-state index contributed by atoms with van der Waals surface area (Å²) < 4.78 is 27.8. The fourth-order valence-corrected chi connectivity index (χ4v) is 5.27. The number of benzene rings is 2. The van der Waals surface area contributed by atoms with E-state index in [1.165, 1.54) is 17.7 Å². The molecule has 1 saturated carbocycles. The molecule has 214 valence electrons. The van der Waals surface area contributed by atoms with Gasteiger partial charge in [0.1, 0.15) is 22.8 Å². The Morgan fingerprint density at radius 3 is 2.42 bits per heavy atom. The standard InChI is InChI=1S/C31H37F2N3O4/c1-2-19-4-3-5-21(10-19)17-35-18-27(37)26(13-22-11-24(32)14-25(33)12-22)36-29(39)23-8-9-28(38)31(16-23,30(34)40)15-20-6-7-20/h3-5,8-12,14,20,26-27,35,37-38H,2,6-7,13,15-18H2,1H3,(H2,34,40)(H,36,39)/t26-,27+,31?/m0/s1. The van der Waals surface area contributed by atoms with Gasteiger partial charge in [0.05, 0.1) is 12.1 Å². The second-order valence-corrected chi connectivity index (χ2v) is 10.9. The highest BCUT2D eigenvalue weighted by atomic mass is 19.1. The lowest BCUT2D eigenvalue weighted by atomic mass is 9.72. The molecule has 0 aliphatic heterocycles. The van der Waals surface area contributed by atoms with E-state index in [4.69, 9.17) is 5.73 Å². The molecular formula is C31H37F2N3O4. The van der Waals surface area contributed by atoms with Gasteiger partial charge >= 0.3 is 0 Å². The van der Waals surface area contributed by atoms with Crippen molar-refractivity contribution in [1.82, 2.24) is 10.6 Å². The molecule has 2 aromatic carbocycles. The van der Waals surface area contributed by atoms with Crippen LogP contribution in [0.25, 0.3) is 0 Å². The summed E-state index contributed by atoms with van der Waals surface area (Å²) in [7, 11) is 0. The van der Waals surface area contributed by atoms with Crippen LogP contribution in [0.2, 0.25) is 0 Å². The first-order chi connectivity index (χ1) is 19.1. The van der Waals surface area contributed by atoms with Crippen molar-refractivity contribution in [2.75, 3.05) is 6.54 Å². The van der Waals surface area contributed by atoms with Crippen molar-refractivity contribution in [1.29, 1.82) is 0 Å². The molecule has 6 N–H and O–H groups in total. The van der Waals surface area contributed by atoms with Gasteiger partial charge < -0.3 is 26.6 Å². The van der Waals surface area contributed by atoms with E-state index in [0.717, 1.165) is 43.0 Å². The maximum Gasteiger partial charge on any atom is 0.247 e. The van der Waals surface area contributed by atoms with E-state index in [9.17, 15) is 28.6 Å². The van der Waals surface area contributed by atoms with Gasteiger partial charge in [-0.05, 0) is 66.5 Å². The Hall–Kier alpha value is -3.56. The summed E-state index contributed by atoms with van der Waals surface area (Å²) in [6, 6.07) is 10.2. The third-order valence-corrected chi connectivity index (χ3v) is 7.76. The second kappa shape index (κ2) is 12.7. The fourth-order valence-electron chi connectivity index (χ4n) is 5.27. The Balaban J connectivity index is 1.49. The van der Waals surface area contributed by atoms with Gasteiger partial charge in [-0.2, -0.15) is 0 Å². The van der Waals surface area contributed by atoms with Crippen molar-refractivity contribution in [3.63, 3.8) is 0 Å². The van der Waals surface area contributed by atoms with E-state index in [-0.39, 0.29) is 42.2 Å². The van der Waals surface area contributed by atoms with E-state index >= 15 is 0 Å². The lowest BCUT2D eigenvalue weighted by Gasteiger charge is -2.33. The topological polar surface area (TPSA) is 125 Å². The van der Waals surface area contributed by atoms with E-state index in [1.54, 1.807) is 0 Å². The largest absolute Gasteiger partial charge is 0.511 e. The van der Waals surface area contributed by atoms with Crippen LogP contribution in [-0.4, -0.2) is 40.7 Å². The normalized spacial score (nSPS) is 20.3. The Labute approximate surface area is 233 Å². The van der Waals surface area contributed by atoms with Crippen LogP contribution in [0.15, 0.2) is 65.9 Å². The molecule has 0 saturated heterocycles. The molecule has 1 unspecified atom stereocenters. The summed E-state index contributed by atoms with van der Waals surface area (Å²) in [5.41, 5.74) is 7.07. The second-order valence-electron chi connectivity index (χ2n) is 10.9. The molecule has 3 atom stereocenters. The molecule has 2 aliphatic rings. The number of carbonyl (C=O) groups excluding carboxylic acids is 2. The van der Waals surface area contributed by atoms with Gasteiger partial charge in [0.15, 0.2) is 0 Å². The predicted molar refractivity (Wildman–Crippen MR) is 148 cm³/mol. The van der Waals surface area contributed by atoms with Crippen LogP contribution in [0.4, 0.5) is 8.78 Å². The van der Waals surface area contributed by atoms with Gasteiger partial charge in [0.25, 0.3) is 0 Å². The number of carbonyl (C=O) groups is 2. The van der Waals surface area contributed by atoms with Crippen LogP contribution >= 0.6 is 0 Å². The number of amides is 2. The van der Waals surface area contributed by atoms with Gasteiger partial charge in [0, 0.05) is 24.7 Å². The van der Waals surface area contributed by atoms with Gasteiger partial charge in [-0.1, -0.05) is 50.1 Å². The summed E-state index contributed by atoms with van der Waals surface area (Å²) in [5, 5.41) is 27.6. The van der Waals surface area contributed by atoms with Gasteiger partial charge in [-0.3, -0.25) is 9.59 Å². The first kappa shape index (κ1) is 29.4. The van der Waals surface area contributed by atoms with Crippen molar-refractivity contribution in [2.24, 2.45) is 17.1 Å². The quantitative estimate of drug-likeness (QED) is 0.259. The number of hydrogen-bond acceptors (Lipinski definition) is 5. The number of aryl methyl sites for hydroxylation is 1. The molecule has 2 amide bonds. The smallest absolute Gasteiger partial charge is 0.247 e. The summed E-state index contributed by atoms with van der Waals surface area (Å²) in [6.07, 6.45) is 4.66. The number of primary amides is 1. The molecule has 2 aliphatic carbocycles. The predicted octanol–water partition coefficient (Wildman–Crippen LogP) is 3.75. The SMILES string of the molecule is CCc1cccc(CNC[C@@H](O)[C@H](Cc2cc(F)cc(F)c2)NC(=O)C2=CC=C(O)C(CC3CC3)(C(N)=O)C2)c1. The number of nitrogens with one attached hydrogen (secondary N) is 2. The van der Waals surface area contributed by atoms with Crippen LogP contribution in [0.1, 0.15) is 49.3 Å². The third-order valence-electron chi connectivity index (χ3n) is 7.76. The molecule has 4 rings (SSSR count). The lowest BCUT2D eigenvalue weighted by Crippen LogP contribution is -2.50. The highest BCUT2D eigenvalue weighted by Gasteiger charge is 2.47. The number of allylic oxidation sites excluding steroid dienone is 2. The first-order valence-electron chi connectivity index (χ1n) is 13.7. The molecule has 0 heterocycles.